The maximum Gasteiger partial charge on any atom is 0.315 e. The van der Waals surface area contributed by atoms with Crippen LogP contribution in [0.4, 0.5) is 0 Å². The van der Waals surface area contributed by atoms with E-state index in [1.807, 2.05) is 24.3 Å². The number of ether oxygens (including phenoxy) is 3. The molecule has 4 bridgehead atoms. The van der Waals surface area contributed by atoms with Crippen LogP contribution in [0.2, 0.25) is 0 Å². The van der Waals surface area contributed by atoms with E-state index in [4.69, 9.17) is 14.2 Å². The van der Waals surface area contributed by atoms with Gasteiger partial charge in [0.05, 0.1) is 11.5 Å². The molecule has 1 aromatic rings. The van der Waals surface area contributed by atoms with Gasteiger partial charge < -0.3 is 29.7 Å². The molecule has 8 heteroatoms. The van der Waals surface area contributed by atoms with Crippen LogP contribution >= 0.6 is 0 Å². The number of fused-ring (bicyclic) bond motifs is 7. The highest BCUT2D eigenvalue weighted by molar-refractivity contribution is 5.87. The average molecular weight is 494 g/mol. The van der Waals surface area contributed by atoms with Gasteiger partial charge in [0.2, 0.25) is 12.7 Å². The normalized spacial score (nSPS) is 43.1. The monoisotopic (exact) mass is 493 g/mol. The van der Waals surface area contributed by atoms with Crippen molar-refractivity contribution in [3.8, 4) is 11.5 Å². The van der Waals surface area contributed by atoms with Crippen molar-refractivity contribution in [1.82, 2.24) is 5.32 Å². The Kier molecular flexibility index (Phi) is 4.43. The molecular weight excluding hydrogens is 462 g/mol. The average Bonchev–Trinajstić information content (AvgIpc) is 3.50. The Morgan fingerprint density at radius 1 is 1.28 bits per heavy atom. The summed E-state index contributed by atoms with van der Waals surface area (Å²) in [6.45, 7) is 6.57. The van der Waals surface area contributed by atoms with E-state index in [-0.39, 0.29) is 18.6 Å². The topological polar surface area (TPSA) is 114 Å². The summed E-state index contributed by atoms with van der Waals surface area (Å²) in [5, 5.41) is 25.6. The van der Waals surface area contributed by atoms with Gasteiger partial charge in [-0.1, -0.05) is 18.2 Å². The molecule has 0 radical (unpaired) electrons. The number of carbonyl (C=O) groups is 2. The molecule has 2 aliphatic heterocycles. The first-order chi connectivity index (χ1) is 17.2. The molecule has 0 aromatic heterocycles. The Balaban J connectivity index is 1.21. The molecule has 6 aliphatic rings. The lowest BCUT2D eigenvalue weighted by Gasteiger charge is -2.42. The highest BCUT2D eigenvalue weighted by Crippen LogP contribution is 2.74. The fraction of sp³-hybridized carbons (Fsp3) is 0.571. The first kappa shape index (κ1) is 22.4. The van der Waals surface area contributed by atoms with Gasteiger partial charge in [0.1, 0.15) is 17.6 Å². The molecule has 1 amide bonds. The zero-order valence-corrected chi connectivity index (χ0v) is 20.3. The molecular formula is C28H31NO7. The summed E-state index contributed by atoms with van der Waals surface area (Å²) < 4.78 is 16.4. The molecule has 1 spiro atoms. The number of carbonyl (C=O) groups excluding carboxylic acids is 2. The lowest BCUT2D eigenvalue weighted by atomic mass is 9.60. The Hall–Kier alpha value is -2.84. The summed E-state index contributed by atoms with van der Waals surface area (Å²) in [6, 6.07) is 5.76. The van der Waals surface area contributed by atoms with Gasteiger partial charge in [-0.2, -0.15) is 0 Å². The zero-order chi connectivity index (χ0) is 25.0. The Labute approximate surface area is 209 Å². The number of nitrogens with one attached hydrogen (secondary N) is 1. The summed E-state index contributed by atoms with van der Waals surface area (Å²) >= 11 is 0. The van der Waals surface area contributed by atoms with E-state index in [1.54, 1.807) is 6.92 Å². The first-order valence-corrected chi connectivity index (χ1v) is 12.8. The standard InChI is InChI=1S/C28H31NO7/c1-14-11-27-12-28(14,33)7-5-17(27)16-10-20-23(30)26(2,25(32)36-20)21(16)22(27)24(31)29-8-6-15-3-4-18-19(9-15)35-13-34-18/h3-4,9-10,17,20-23,30,33H,1,5-8,11-13H2,2H3,(H,29,31)/t17-,20+,21+,22+,23-,26-,27-,28-/m0/s1. The quantitative estimate of drug-likeness (QED) is 0.434. The number of allylic oxidation sites excluding steroid dienone is 1. The van der Waals surface area contributed by atoms with Crippen molar-refractivity contribution in [3.05, 3.63) is 47.6 Å². The van der Waals surface area contributed by atoms with Crippen molar-refractivity contribution in [2.24, 2.45) is 28.6 Å². The minimum Gasteiger partial charge on any atom is -0.455 e. The lowest BCUT2D eigenvalue weighted by Crippen LogP contribution is -2.52. The predicted octanol–water partition coefficient (Wildman–Crippen LogP) is 2.03. The number of rotatable bonds is 4. The number of aliphatic hydroxyl groups excluding tert-OH is 1. The molecule has 8 nitrogen and oxygen atoms in total. The third-order valence-electron chi connectivity index (χ3n) is 10.1. The number of benzene rings is 1. The maximum atomic E-state index is 14.0. The van der Waals surface area contributed by atoms with Gasteiger partial charge in [-0.05, 0) is 79.7 Å². The second kappa shape index (κ2) is 7.13. The van der Waals surface area contributed by atoms with Gasteiger partial charge in [-0.3, -0.25) is 9.59 Å². The summed E-state index contributed by atoms with van der Waals surface area (Å²) in [5.41, 5.74) is 0.159. The second-order valence-corrected chi connectivity index (χ2v) is 11.8. The van der Waals surface area contributed by atoms with Gasteiger partial charge in [-0.25, -0.2) is 0 Å². The summed E-state index contributed by atoms with van der Waals surface area (Å²) in [7, 11) is 0. The molecule has 1 saturated heterocycles. The van der Waals surface area contributed by atoms with E-state index in [0.29, 0.717) is 38.0 Å². The fourth-order valence-electron chi connectivity index (χ4n) is 8.42. The van der Waals surface area contributed by atoms with Crippen molar-refractivity contribution in [2.45, 2.75) is 56.8 Å². The van der Waals surface area contributed by atoms with Gasteiger partial charge in [0, 0.05) is 12.5 Å². The van der Waals surface area contributed by atoms with Gasteiger partial charge in [0.15, 0.2) is 11.5 Å². The third kappa shape index (κ3) is 2.66. The van der Waals surface area contributed by atoms with Crippen LogP contribution in [0.25, 0.3) is 0 Å². The zero-order valence-electron chi connectivity index (χ0n) is 20.3. The van der Waals surface area contributed by atoms with Crippen LogP contribution < -0.4 is 14.8 Å². The van der Waals surface area contributed by atoms with Crippen molar-refractivity contribution in [1.29, 1.82) is 0 Å². The highest BCUT2D eigenvalue weighted by atomic mass is 16.7. The predicted molar refractivity (Wildman–Crippen MR) is 127 cm³/mol. The van der Waals surface area contributed by atoms with Crippen LogP contribution in [0.15, 0.2) is 42.0 Å². The van der Waals surface area contributed by atoms with Crippen molar-refractivity contribution in [2.75, 3.05) is 13.3 Å². The van der Waals surface area contributed by atoms with Crippen LogP contribution in [0.3, 0.4) is 0 Å². The SMILES string of the molecule is C=C1C[C@]23C[C@@]1(O)CC[C@H]2C1=C[C@H]2OC(=O)[C@@](C)([C@H]1[C@@H]3C(=O)NCCc1ccc3c(c1)OCO3)[C@H]2O. The second-order valence-electron chi connectivity index (χ2n) is 11.8. The molecule has 190 valence electrons. The first-order valence-electron chi connectivity index (χ1n) is 12.8. The van der Waals surface area contributed by atoms with E-state index < -0.39 is 46.4 Å². The van der Waals surface area contributed by atoms with Crippen molar-refractivity contribution < 1.29 is 34.0 Å². The van der Waals surface area contributed by atoms with E-state index in [9.17, 15) is 19.8 Å². The number of amides is 1. The van der Waals surface area contributed by atoms with Crippen LogP contribution in [-0.2, 0) is 20.7 Å². The van der Waals surface area contributed by atoms with Crippen LogP contribution in [0.5, 0.6) is 11.5 Å². The Bertz CT molecular complexity index is 1240. The fourth-order valence-corrected chi connectivity index (χ4v) is 8.42. The summed E-state index contributed by atoms with van der Waals surface area (Å²) in [4.78, 5) is 27.1. The Morgan fingerprint density at radius 2 is 2.08 bits per heavy atom. The molecule has 4 fully saturated rings. The van der Waals surface area contributed by atoms with Crippen molar-refractivity contribution in [3.63, 3.8) is 0 Å². The van der Waals surface area contributed by atoms with Crippen LogP contribution in [-0.4, -0.2) is 53.2 Å². The minimum atomic E-state index is -1.19. The summed E-state index contributed by atoms with van der Waals surface area (Å²) in [5.74, 6) is -0.150. The molecule has 1 aromatic carbocycles. The van der Waals surface area contributed by atoms with Gasteiger partial charge in [-0.15, -0.1) is 0 Å². The molecule has 3 N–H and O–H groups in total. The highest BCUT2D eigenvalue weighted by Gasteiger charge is 2.75. The Morgan fingerprint density at radius 3 is 2.92 bits per heavy atom. The smallest absolute Gasteiger partial charge is 0.315 e. The maximum absolute atomic E-state index is 14.0. The van der Waals surface area contributed by atoms with Crippen LogP contribution in [0, 0.1) is 28.6 Å². The van der Waals surface area contributed by atoms with E-state index in [2.05, 4.69) is 11.9 Å². The molecule has 4 aliphatic carbocycles. The molecule has 3 saturated carbocycles. The molecule has 2 heterocycles. The molecule has 0 unspecified atom stereocenters. The number of hydrogen-bond acceptors (Lipinski definition) is 7. The summed E-state index contributed by atoms with van der Waals surface area (Å²) in [6.07, 6.45) is 3.18. The van der Waals surface area contributed by atoms with Crippen LogP contribution in [0.1, 0.15) is 38.2 Å². The molecule has 36 heavy (non-hydrogen) atoms. The number of aliphatic hydroxyl groups is 2. The van der Waals surface area contributed by atoms with E-state index >= 15 is 0 Å². The van der Waals surface area contributed by atoms with Crippen molar-refractivity contribution >= 4 is 11.9 Å². The number of hydrogen-bond donors (Lipinski definition) is 3. The number of esters is 1. The lowest BCUT2D eigenvalue weighted by molar-refractivity contribution is -0.151. The minimum absolute atomic E-state index is 0.0514. The molecule has 8 atom stereocenters. The largest absolute Gasteiger partial charge is 0.455 e. The van der Waals surface area contributed by atoms with E-state index in [0.717, 1.165) is 28.9 Å². The van der Waals surface area contributed by atoms with Gasteiger partial charge in [0.25, 0.3) is 0 Å². The van der Waals surface area contributed by atoms with E-state index in [1.165, 1.54) is 0 Å². The molecule has 7 rings (SSSR count). The third-order valence-corrected chi connectivity index (χ3v) is 10.1. The van der Waals surface area contributed by atoms with Gasteiger partial charge >= 0.3 is 5.97 Å².